The number of hydrogen-bond donors (Lipinski definition) is 0. The minimum Gasteiger partial charge on any atom is 0 e. The summed E-state index contributed by atoms with van der Waals surface area (Å²) < 4.78 is 61.9. The molecule has 0 N–H and O–H groups in total. The van der Waals surface area contributed by atoms with E-state index in [0.717, 1.165) is 34.0 Å². The standard InChI is InChI=1S/C30H28NO.C14H15FGeN.Ir/c1-20-19-31-27(17-24(20)18-30(2,3)4)23-11-13-29-26(16-23)25-15-22(10-12-28(25)32-29)14-21-8-6-5-7-9-21;1-16(2,3)13-7-8-14(17-10-13)11-5-4-6-12(15)9-11;/h5-10,12-13,15-17,19H,14,18H2,1-4H3;4,6-10H,1-3H3;/q2*-1;/i1D3,18D2;;. The molecule has 50 heavy (non-hydrogen) atoms. The van der Waals surface area contributed by atoms with Gasteiger partial charge in [0.15, 0.2) is 0 Å². The number of hydrogen-bond acceptors (Lipinski definition) is 3. The monoisotopic (exact) mass is 906 g/mol. The first kappa shape index (κ1) is 30.9. The Morgan fingerprint density at radius 2 is 1.54 bits per heavy atom. The molecule has 3 aromatic heterocycles. The van der Waals surface area contributed by atoms with Crippen molar-refractivity contribution in [2.24, 2.45) is 5.41 Å². The maximum atomic E-state index is 13.1. The van der Waals surface area contributed by atoms with Gasteiger partial charge in [0, 0.05) is 38.5 Å². The minimum atomic E-state index is -2.48. The molecule has 0 aliphatic carbocycles. The Kier molecular flexibility index (Phi) is 9.61. The summed E-state index contributed by atoms with van der Waals surface area (Å²) in [5.41, 5.74) is 5.68. The second-order valence-corrected chi connectivity index (χ2v) is 25.0. The molecule has 0 saturated heterocycles. The van der Waals surface area contributed by atoms with Gasteiger partial charge in [0.2, 0.25) is 0 Å². The maximum Gasteiger partial charge on any atom is 0 e. The molecule has 7 rings (SSSR count). The van der Waals surface area contributed by atoms with Crippen LogP contribution in [0.1, 0.15) is 49.9 Å². The van der Waals surface area contributed by atoms with Crippen LogP contribution in [0.5, 0.6) is 0 Å². The van der Waals surface area contributed by atoms with Crippen LogP contribution in [0.3, 0.4) is 0 Å². The SMILES string of the molecule is [2H]C([2H])([2H])c1cnc(-c2[c-]cc3oc4ccc(Cc5ccccc5)cc4c3c2)cc1C([2H])([2H])C(C)(C)C.[CH3][Ge]([CH3])([CH3])[c]1ccc(-c2[c-]ccc(F)c2)nc1.[Ir]. The van der Waals surface area contributed by atoms with Gasteiger partial charge in [-0.15, -0.1) is 23.8 Å². The summed E-state index contributed by atoms with van der Waals surface area (Å²) in [5, 5.41) is 1.88. The summed E-state index contributed by atoms with van der Waals surface area (Å²) >= 11 is -1.80. The van der Waals surface area contributed by atoms with Gasteiger partial charge in [-0.25, -0.2) is 0 Å². The van der Waals surface area contributed by atoms with Crippen molar-refractivity contribution in [1.82, 2.24) is 9.97 Å². The van der Waals surface area contributed by atoms with E-state index in [0.29, 0.717) is 22.4 Å². The molecule has 257 valence electrons. The molecule has 0 aliphatic heterocycles. The van der Waals surface area contributed by atoms with Crippen molar-refractivity contribution in [3.8, 4) is 22.5 Å². The van der Waals surface area contributed by atoms with Crippen molar-refractivity contribution in [3.63, 3.8) is 0 Å². The van der Waals surface area contributed by atoms with Crippen molar-refractivity contribution in [2.45, 2.75) is 57.7 Å². The van der Waals surface area contributed by atoms with E-state index in [1.165, 1.54) is 28.3 Å². The van der Waals surface area contributed by atoms with E-state index in [9.17, 15) is 4.39 Å². The van der Waals surface area contributed by atoms with Gasteiger partial charge in [0.05, 0.1) is 5.58 Å². The van der Waals surface area contributed by atoms with Crippen LogP contribution in [-0.4, -0.2) is 23.2 Å². The van der Waals surface area contributed by atoms with Crippen LogP contribution in [-0.2, 0) is 32.9 Å². The number of fused-ring (bicyclic) bond motifs is 3. The Morgan fingerprint density at radius 1 is 0.800 bits per heavy atom. The van der Waals surface area contributed by atoms with Gasteiger partial charge >= 0.3 is 104 Å². The Morgan fingerprint density at radius 3 is 2.22 bits per heavy atom. The van der Waals surface area contributed by atoms with Crippen molar-refractivity contribution >= 4 is 39.6 Å². The summed E-state index contributed by atoms with van der Waals surface area (Å²) in [4.78, 5) is 8.83. The quantitative estimate of drug-likeness (QED) is 0.123. The fourth-order valence-electron chi connectivity index (χ4n) is 5.55. The molecule has 0 saturated carbocycles. The van der Waals surface area contributed by atoms with Crippen molar-refractivity contribution in [1.29, 1.82) is 0 Å². The Bertz CT molecular complexity index is 2420. The summed E-state index contributed by atoms with van der Waals surface area (Å²) in [6.07, 6.45) is 2.12. The van der Waals surface area contributed by atoms with E-state index < -0.39 is 31.9 Å². The Balaban J connectivity index is 0.000000271. The third kappa shape index (κ3) is 9.25. The number of rotatable bonds is 6. The van der Waals surface area contributed by atoms with E-state index >= 15 is 0 Å². The van der Waals surface area contributed by atoms with Gasteiger partial charge in [-0.1, -0.05) is 74.2 Å². The molecule has 3 heterocycles. The van der Waals surface area contributed by atoms with Crippen LogP contribution in [0.2, 0.25) is 17.3 Å². The number of halogens is 1. The van der Waals surface area contributed by atoms with Crippen LogP contribution < -0.4 is 4.40 Å². The van der Waals surface area contributed by atoms with Gasteiger partial charge in [-0.2, -0.15) is 0 Å². The summed E-state index contributed by atoms with van der Waals surface area (Å²) in [6, 6.07) is 36.4. The van der Waals surface area contributed by atoms with Crippen LogP contribution in [0.4, 0.5) is 4.39 Å². The third-order valence-electron chi connectivity index (χ3n) is 8.08. The predicted octanol–water partition coefficient (Wildman–Crippen LogP) is 11.2. The van der Waals surface area contributed by atoms with E-state index in [1.54, 1.807) is 39.0 Å². The van der Waals surface area contributed by atoms with Gasteiger partial charge in [-0.3, -0.25) is 0 Å². The molecule has 0 atom stereocenters. The molecule has 0 unspecified atom stereocenters. The second kappa shape index (κ2) is 15.6. The molecule has 0 aliphatic rings. The number of pyridine rings is 2. The van der Waals surface area contributed by atoms with Gasteiger partial charge in [0.1, 0.15) is 5.58 Å². The molecule has 0 spiro atoms. The zero-order valence-electron chi connectivity index (χ0n) is 34.1. The first-order valence-electron chi connectivity index (χ1n) is 18.9. The fourth-order valence-corrected chi connectivity index (χ4v) is 7.72. The van der Waals surface area contributed by atoms with Crippen LogP contribution in [0, 0.1) is 30.2 Å². The second-order valence-electron chi connectivity index (χ2n) is 14.3. The zero-order valence-corrected chi connectivity index (χ0v) is 33.6. The molecular weight excluding hydrogens is 856 g/mol. The molecular formula is C44H43FGeIrN2O-2. The zero-order chi connectivity index (χ0) is 39.1. The summed E-state index contributed by atoms with van der Waals surface area (Å²) in [7, 11) is 0. The summed E-state index contributed by atoms with van der Waals surface area (Å²) in [5.74, 6) is 6.72. The van der Waals surface area contributed by atoms with Crippen LogP contribution in [0.25, 0.3) is 44.5 Å². The predicted molar refractivity (Wildman–Crippen MR) is 204 cm³/mol. The number of aryl methyl sites for hydroxylation is 1. The molecule has 0 amide bonds. The molecule has 1 radical (unpaired) electrons. The molecule has 7 aromatic rings. The van der Waals surface area contributed by atoms with Gasteiger partial charge in [0.25, 0.3) is 0 Å². The average molecular weight is 905 g/mol. The van der Waals surface area contributed by atoms with E-state index in [4.69, 9.17) is 11.3 Å². The smallest absolute Gasteiger partial charge is 0 e. The molecule has 4 aromatic carbocycles. The van der Waals surface area contributed by atoms with Crippen molar-refractivity contribution in [3.05, 3.63) is 150 Å². The average Bonchev–Trinajstić information content (AvgIpc) is 3.48. The van der Waals surface area contributed by atoms with Crippen LogP contribution in [0.15, 0.2) is 114 Å². The minimum absolute atomic E-state index is 0. The molecule has 6 heteroatoms. The van der Waals surface area contributed by atoms with E-state index in [1.807, 2.05) is 42.6 Å². The third-order valence-corrected chi connectivity index (χ3v) is 12.3. The van der Waals surface area contributed by atoms with Crippen molar-refractivity contribution < 1.29 is 35.8 Å². The van der Waals surface area contributed by atoms with E-state index in [-0.39, 0.29) is 37.0 Å². The molecule has 0 bridgehead atoms. The van der Waals surface area contributed by atoms with Crippen LogP contribution >= 0.6 is 0 Å². The first-order chi connectivity index (χ1) is 25.3. The number of benzene rings is 4. The van der Waals surface area contributed by atoms with Gasteiger partial charge < -0.3 is 9.40 Å². The maximum absolute atomic E-state index is 13.1. The number of aromatic nitrogens is 2. The normalized spacial score (nSPS) is 13.6. The Labute approximate surface area is 319 Å². The fraction of sp³-hybridized carbons (Fsp3) is 0.227. The first-order valence-corrected chi connectivity index (χ1v) is 23.7. The van der Waals surface area contributed by atoms with Gasteiger partial charge in [-0.05, 0) is 59.6 Å². The number of furan rings is 1. The number of nitrogens with zero attached hydrogens (tertiary/aromatic N) is 2. The molecule has 3 nitrogen and oxygen atoms in total. The molecule has 0 fully saturated rings. The van der Waals surface area contributed by atoms with Crippen molar-refractivity contribution in [2.75, 3.05) is 0 Å². The Hall–Kier alpha value is -3.90. The summed E-state index contributed by atoms with van der Waals surface area (Å²) in [6.45, 7) is 2.81. The topological polar surface area (TPSA) is 38.9 Å². The van der Waals surface area contributed by atoms with E-state index in [2.05, 4.69) is 69.7 Å². The largest absolute Gasteiger partial charge is 0 e.